The Hall–Kier alpha value is -1.95. The van der Waals surface area contributed by atoms with Gasteiger partial charge in [0.25, 0.3) is 0 Å². The number of nitrogens with zero attached hydrogens (tertiary/aromatic N) is 3. The maximum absolute atomic E-state index is 4.81. The number of para-hydroxylation sites is 1. The predicted octanol–water partition coefficient (Wildman–Crippen LogP) is 3.50. The van der Waals surface area contributed by atoms with Crippen molar-refractivity contribution in [3.05, 3.63) is 35.9 Å². The quantitative estimate of drug-likeness (QED) is 0.575. The van der Waals surface area contributed by atoms with E-state index in [1.807, 2.05) is 36.8 Å². The third-order valence-electron chi connectivity index (χ3n) is 4.23. The number of benzene rings is 1. The van der Waals surface area contributed by atoms with Crippen molar-refractivity contribution in [3.8, 4) is 0 Å². The molecule has 0 saturated heterocycles. The van der Waals surface area contributed by atoms with E-state index in [4.69, 9.17) is 9.98 Å². The molecule has 2 aromatic rings. The van der Waals surface area contributed by atoms with Crippen molar-refractivity contribution in [2.24, 2.45) is 4.99 Å². The molecule has 1 heterocycles. The lowest BCUT2D eigenvalue weighted by atomic mass is 10.1. The lowest BCUT2D eigenvalue weighted by Crippen LogP contribution is -2.43. The summed E-state index contributed by atoms with van der Waals surface area (Å²) >= 11 is 1.85. The maximum atomic E-state index is 4.81. The fraction of sp³-hybridized carbons (Fsp3) is 0.500. The minimum atomic E-state index is 0.164. The molecule has 142 valence electrons. The maximum Gasteiger partial charge on any atom is 0.191 e. The lowest BCUT2D eigenvalue weighted by Gasteiger charge is -2.23. The van der Waals surface area contributed by atoms with Crippen LogP contribution < -0.4 is 15.5 Å². The van der Waals surface area contributed by atoms with Crippen molar-refractivity contribution in [2.75, 3.05) is 38.3 Å². The SMILES string of the molecule is CCNC(=NCc1cc(N(C)C)nc2ccccc12)NCC(C)(C)SC. The summed E-state index contributed by atoms with van der Waals surface area (Å²) in [7, 11) is 4.03. The molecule has 0 unspecified atom stereocenters. The van der Waals surface area contributed by atoms with Crippen molar-refractivity contribution in [1.29, 1.82) is 0 Å². The Morgan fingerprint density at radius 1 is 1.23 bits per heavy atom. The first-order valence-electron chi connectivity index (χ1n) is 8.99. The highest BCUT2D eigenvalue weighted by Crippen LogP contribution is 2.23. The highest BCUT2D eigenvalue weighted by atomic mass is 32.2. The van der Waals surface area contributed by atoms with Gasteiger partial charge in [0.2, 0.25) is 0 Å². The number of guanidine groups is 1. The Morgan fingerprint density at radius 2 is 1.96 bits per heavy atom. The summed E-state index contributed by atoms with van der Waals surface area (Å²) in [4.78, 5) is 11.6. The van der Waals surface area contributed by atoms with Crippen LogP contribution in [0.2, 0.25) is 0 Å². The van der Waals surface area contributed by atoms with Gasteiger partial charge in [-0.1, -0.05) is 18.2 Å². The zero-order chi connectivity index (χ0) is 19.2. The summed E-state index contributed by atoms with van der Waals surface area (Å²) in [5.41, 5.74) is 2.19. The first kappa shape index (κ1) is 20.4. The van der Waals surface area contributed by atoms with Crippen molar-refractivity contribution < 1.29 is 0 Å². The van der Waals surface area contributed by atoms with Crippen molar-refractivity contribution >= 4 is 34.4 Å². The zero-order valence-corrected chi connectivity index (χ0v) is 17.6. The van der Waals surface area contributed by atoms with Crippen LogP contribution in [0.4, 0.5) is 5.82 Å². The molecule has 0 spiro atoms. The van der Waals surface area contributed by atoms with E-state index in [-0.39, 0.29) is 4.75 Å². The van der Waals surface area contributed by atoms with Gasteiger partial charge in [-0.2, -0.15) is 11.8 Å². The largest absolute Gasteiger partial charge is 0.363 e. The van der Waals surface area contributed by atoms with E-state index in [9.17, 15) is 0 Å². The smallest absolute Gasteiger partial charge is 0.191 e. The standard InChI is InChI=1S/C20H31N5S/c1-7-21-19(23-14-20(2,3)26-6)22-13-15-12-18(25(4)5)24-17-11-9-8-10-16(15)17/h8-12H,7,13-14H2,1-6H3,(H2,21,22,23). The molecular weight excluding hydrogens is 342 g/mol. The Bertz CT molecular complexity index is 755. The van der Waals surface area contributed by atoms with E-state index < -0.39 is 0 Å². The number of fused-ring (bicyclic) bond motifs is 1. The highest BCUT2D eigenvalue weighted by molar-refractivity contribution is 7.99. The Morgan fingerprint density at radius 3 is 2.62 bits per heavy atom. The molecule has 0 atom stereocenters. The van der Waals surface area contributed by atoms with Crippen LogP contribution in [-0.4, -0.2) is 49.1 Å². The Balaban J connectivity index is 2.27. The van der Waals surface area contributed by atoms with Gasteiger partial charge >= 0.3 is 0 Å². The van der Waals surface area contributed by atoms with E-state index in [1.54, 1.807) is 0 Å². The van der Waals surface area contributed by atoms with Crippen molar-refractivity contribution in [1.82, 2.24) is 15.6 Å². The van der Waals surface area contributed by atoms with E-state index in [2.05, 4.69) is 61.9 Å². The second-order valence-electron chi connectivity index (χ2n) is 7.06. The van der Waals surface area contributed by atoms with Crippen LogP contribution in [0.15, 0.2) is 35.3 Å². The minimum absolute atomic E-state index is 0.164. The molecule has 26 heavy (non-hydrogen) atoms. The van der Waals surface area contributed by atoms with Gasteiger partial charge in [-0.05, 0) is 44.7 Å². The van der Waals surface area contributed by atoms with Gasteiger partial charge in [-0.3, -0.25) is 0 Å². The molecule has 2 rings (SSSR count). The molecule has 6 heteroatoms. The lowest BCUT2D eigenvalue weighted by molar-refractivity contribution is 0.665. The van der Waals surface area contributed by atoms with Gasteiger partial charge in [-0.25, -0.2) is 9.98 Å². The molecule has 0 bridgehead atoms. The van der Waals surface area contributed by atoms with Gasteiger partial charge in [0.1, 0.15) is 5.82 Å². The molecule has 1 aromatic heterocycles. The van der Waals surface area contributed by atoms with E-state index in [0.717, 1.165) is 35.8 Å². The molecule has 0 aliphatic rings. The van der Waals surface area contributed by atoms with Crippen LogP contribution in [0.3, 0.4) is 0 Å². The normalized spacial score (nSPS) is 12.3. The molecule has 0 saturated carbocycles. The van der Waals surface area contributed by atoms with Gasteiger partial charge in [0.15, 0.2) is 5.96 Å². The van der Waals surface area contributed by atoms with Gasteiger partial charge in [0, 0.05) is 37.3 Å². The first-order chi connectivity index (χ1) is 12.4. The van der Waals surface area contributed by atoms with E-state index in [1.165, 1.54) is 5.56 Å². The second kappa shape index (κ2) is 9.12. The molecule has 0 aliphatic heterocycles. The number of rotatable bonds is 7. The number of thioether (sulfide) groups is 1. The third-order valence-corrected chi connectivity index (χ3v) is 5.48. The predicted molar refractivity (Wildman–Crippen MR) is 116 cm³/mol. The summed E-state index contributed by atoms with van der Waals surface area (Å²) in [5.74, 6) is 1.80. The molecule has 5 nitrogen and oxygen atoms in total. The van der Waals surface area contributed by atoms with Crippen LogP contribution in [-0.2, 0) is 6.54 Å². The van der Waals surface area contributed by atoms with Crippen molar-refractivity contribution in [2.45, 2.75) is 32.1 Å². The summed E-state index contributed by atoms with van der Waals surface area (Å²) in [6, 6.07) is 10.4. The average molecular weight is 374 g/mol. The number of aliphatic imine (C=N–C) groups is 1. The fourth-order valence-electron chi connectivity index (χ4n) is 2.47. The number of nitrogens with one attached hydrogen (secondary N) is 2. The second-order valence-corrected chi connectivity index (χ2v) is 8.58. The molecule has 2 N–H and O–H groups in total. The molecule has 0 aliphatic carbocycles. The Kier molecular flexibility index (Phi) is 7.14. The van der Waals surface area contributed by atoms with Crippen LogP contribution in [0.5, 0.6) is 0 Å². The van der Waals surface area contributed by atoms with Crippen LogP contribution in [0.25, 0.3) is 10.9 Å². The van der Waals surface area contributed by atoms with E-state index in [0.29, 0.717) is 6.54 Å². The van der Waals surface area contributed by atoms with Crippen LogP contribution in [0.1, 0.15) is 26.3 Å². The number of hydrogen-bond acceptors (Lipinski definition) is 4. The topological polar surface area (TPSA) is 52.6 Å². The van der Waals surface area contributed by atoms with E-state index >= 15 is 0 Å². The molecule has 0 amide bonds. The number of pyridine rings is 1. The Labute approximate surface area is 161 Å². The summed E-state index contributed by atoms with van der Waals surface area (Å²) in [6.45, 7) is 8.86. The fourth-order valence-corrected chi connectivity index (χ4v) is 2.68. The average Bonchev–Trinajstić information content (AvgIpc) is 2.63. The third kappa shape index (κ3) is 5.53. The molecule has 0 fully saturated rings. The van der Waals surface area contributed by atoms with Gasteiger partial charge in [0.05, 0.1) is 12.1 Å². The number of anilines is 1. The van der Waals surface area contributed by atoms with Gasteiger partial charge in [-0.15, -0.1) is 0 Å². The minimum Gasteiger partial charge on any atom is -0.363 e. The molecular formula is C20H31N5S. The molecule has 0 radical (unpaired) electrons. The van der Waals surface area contributed by atoms with Crippen LogP contribution >= 0.6 is 11.8 Å². The van der Waals surface area contributed by atoms with Crippen molar-refractivity contribution in [3.63, 3.8) is 0 Å². The first-order valence-corrected chi connectivity index (χ1v) is 10.2. The summed E-state index contributed by atoms with van der Waals surface area (Å²) in [6.07, 6.45) is 2.14. The highest BCUT2D eigenvalue weighted by Gasteiger charge is 2.16. The monoisotopic (exact) mass is 373 g/mol. The van der Waals surface area contributed by atoms with Crippen LogP contribution in [0, 0.1) is 0 Å². The zero-order valence-electron chi connectivity index (χ0n) is 16.8. The molecule has 1 aromatic carbocycles. The number of hydrogen-bond donors (Lipinski definition) is 2. The van der Waals surface area contributed by atoms with Gasteiger partial charge < -0.3 is 15.5 Å². The summed E-state index contributed by atoms with van der Waals surface area (Å²) < 4.78 is 0.164. The summed E-state index contributed by atoms with van der Waals surface area (Å²) in [5, 5.41) is 7.95. The number of aromatic nitrogens is 1.